The topological polar surface area (TPSA) is 70.7 Å². The van der Waals surface area contributed by atoms with Gasteiger partial charge in [0.25, 0.3) is 0 Å². The Morgan fingerprint density at radius 1 is 1.21 bits per heavy atom. The van der Waals surface area contributed by atoms with Crippen molar-refractivity contribution in [3.8, 4) is 5.75 Å². The minimum atomic E-state index is -0.306. The molecule has 0 aliphatic carbocycles. The number of benzene rings is 2. The summed E-state index contributed by atoms with van der Waals surface area (Å²) in [6.45, 7) is 1.31. The molecule has 1 atom stereocenters. The normalized spacial score (nSPS) is 16.4. The number of likely N-dealkylation sites (tertiary alicyclic amines) is 1. The standard InChI is InChI=1S/C21H24FN3O3/c1-28-19-6-2-5-18(12-19)24-21(27)25-11-3-4-16(14-25)20(26)23-13-15-7-9-17(22)10-8-15/h2,5-10,12,16H,3-4,11,13-14H2,1H3,(H,23,26)(H,24,27)/t16-/m0/s1. The van der Waals surface area contributed by atoms with Crippen LogP contribution in [0, 0.1) is 11.7 Å². The number of hydrogen-bond donors (Lipinski definition) is 2. The Labute approximate surface area is 163 Å². The number of piperidine rings is 1. The average molecular weight is 385 g/mol. The summed E-state index contributed by atoms with van der Waals surface area (Å²) in [6.07, 6.45) is 1.50. The van der Waals surface area contributed by atoms with Gasteiger partial charge >= 0.3 is 6.03 Å². The number of urea groups is 1. The van der Waals surface area contributed by atoms with Crippen molar-refractivity contribution in [1.29, 1.82) is 0 Å². The summed E-state index contributed by atoms with van der Waals surface area (Å²) in [6, 6.07) is 12.9. The molecule has 2 aromatic rings. The molecule has 0 unspecified atom stereocenters. The number of carbonyl (C=O) groups excluding carboxylic acids is 2. The molecule has 0 aromatic heterocycles. The van der Waals surface area contributed by atoms with E-state index in [0.29, 0.717) is 31.1 Å². The van der Waals surface area contributed by atoms with Crippen molar-refractivity contribution >= 4 is 17.6 Å². The number of halogens is 1. The van der Waals surface area contributed by atoms with Crippen molar-refractivity contribution < 1.29 is 18.7 Å². The summed E-state index contributed by atoms with van der Waals surface area (Å²) in [4.78, 5) is 26.7. The lowest BCUT2D eigenvalue weighted by atomic mass is 9.97. The van der Waals surface area contributed by atoms with Crippen LogP contribution in [0.5, 0.6) is 5.75 Å². The zero-order valence-electron chi connectivity index (χ0n) is 15.8. The van der Waals surface area contributed by atoms with Crippen molar-refractivity contribution in [3.05, 3.63) is 59.9 Å². The highest BCUT2D eigenvalue weighted by molar-refractivity contribution is 5.90. The summed E-state index contributed by atoms with van der Waals surface area (Å²) in [5.74, 6) is 0.00278. The first kappa shape index (κ1) is 19.7. The third-order valence-corrected chi connectivity index (χ3v) is 4.78. The molecule has 1 aliphatic heterocycles. The lowest BCUT2D eigenvalue weighted by Gasteiger charge is -2.32. The van der Waals surface area contributed by atoms with Crippen molar-refractivity contribution in [2.24, 2.45) is 5.92 Å². The summed E-state index contributed by atoms with van der Waals surface area (Å²) < 4.78 is 18.1. The maximum Gasteiger partial charge on any atom is 0.321 e. The second-order valence-corrected chi connectivity index (χ2v) is 6.79. The summed E-state index contributed by atoms with van der Waals surface area (Å²) in [5.41, 5.74) is 1.48. The first-order chi connectivity index (χ1) is 13.5. The fourth-order valence-electron chi connectivity index (χ4n) is 3.21. The maximum atomic E-state index is 13.0. The third kappa shape index (κ3) is 5.22. The van der Waals surface area contributed by atoms with E-state index in [4.69, 9.17) is 4.74 Å². The van der Waals surface area contributed by atoms with Gasteiger partial charge in [-0.3, -0.25) is 4.79 Å². The van der Waals surface area contributed by atoms with Crippen LogP contribution >= 0.6 is 0 Å². The molecular formula is C21H24FN3O3. The molecule has 0 spiro atoms. The van der Waals surface area contributed by atoms with Gasteiger partial charge in [-0.1, -0.05) is 18.2 Å². The van der Waals surface area contributed by atoms with Gasteiger partial charge in [-0.2, -0.15) is 0 Å². The lowest BCUT2D eigenvalue weighted by Crippen LogP contribution is -2.46. The number of anilines is 1. The van der Waals surface area contributed by atoms with Crippen LogP contribution in [-0.2, 0) is 11.3 Å². The monoisotopic (exact) mass is 385 g/mol. The van der Waals surface area contributed by atoms with Gasteiger partial charge < -0.3 is 20.3 Å². The number of amides is 3. The number of ether oxygens (including phenoxy) is 1. The van der Waals surface area contributed by atoms with Gasteiger partial charge in [0.05, 0.1) is 13.0 Å². The van der Waals surface area contributed by atoms with Crippen LogP contribution in [0.25, 0.3) is 0 Å². The highest BCUT2D eigenvalue weighted by Crippen LogP contribution is 2.20. The maximum absolute atomic E-state index is 13.0. The Balaban J connectivity index is 1.52. The molecule has 1 fully saturated rings. The molecule has 1 aliphatic rings. The molecule has 2 N–H and O–H groups in total. The Morgan fingerprint density at radius 2 is 2.00 bits per heavy atom. The van der Waals surface area contributed by atoms with E-state index in [9.17, 15) is 14.0 Å². The van der Waals surface area contributed by atoms with E-state index in [1.165, 1.54) is 12.1 Å². The zero-order chi connectivity index (χ0) is 19.9. The second kappa shape index (κ2) is 9.21. The van der Waals surface area contributed by atoms with Crippen LogP contribution in [0.4, 0.5) is 14.9 Å². The molecule has 0 radical (unpaired) electrons. The zero-order valence-corrected chi connectivity index (χ0v) is 15.8. The Morgan fingerprint density at radius 3 is 2.75 bits per heavy atom. The van der Waals surface area contributed by atoms with E-state index >= 15 is 0 Å². The molecule has 3 amide bonds. The fourth-order valence-corrected chi connectivity index (χ4v) is 3.21. The molecule has 0 bridgehead atoms. The molecule has 0 saturated carbocycles. The van der Waals surface area contributed by atoms with Crippen LogP contribution in [0.3, 0.4) is 0 Å². The smallest absolute Gasteiger partial charge is 0.321 e. The number of carbonyl (C=O) groups is 2. The van der Waals surface area contributed by atoms with Gasteiger partial charge in [0, 0.05) is 31.4 Å². The third-order valence-electron chi connectivity index (χ3n) is 4.78. The van der Waals surface area contributed by atoms with Crippen LogP contribution in [0.1, 0.15) is 18.4 Å². The average Bonchev–Trinajstić information content (AvgIpc) is 2.73. The van der Waals surface area contributed by atoms with Gasteiger partial charge in [-0.15, -0.1) is 0 Å². The Bertz CT molecular complexity index is 826. The number of rotatable bonds is 5. The number of nitrogens with one attached hydrogen (secondary N) is 2. The molecule has 3 rings (SSSR count). The lowest BCUT2D eigenvalue weighted by molar-refractivity contribution is -0.126. The van der Waals surface area contributed by atoms with E-state index < -0.39 is 0 Å². The first-order valence-corrected chi connectivity index (χ1v) is 9.27. The van der Waals surface area contributed by atoms with Crippen LogP contribution in [-0.4, -0.2) is 37.0 Å². The highest BCUT2D eigenvalue weighted by atomic mass is 19.1. The van der Waals surface area contributed by atoms with Crippen LogP contribution < -0.4 is 15.4 Å². The van der Waals surface area contributed by atoms with Crippen molar-refractivity contribution in [2.75, 3.05) is 25.5 Å². The van der Waals surface area contributed by atoms with Gasteiger partial charge in [0.2, 0.25) is 5.91 Å². The first-order valence-electron chi connectivity index (χ1n) is 9.27. The molecule has 2 aromatic carbocycles. The van der Waals surface area contributed by atoms with Crippen molar-refractivity contribution in [3.63, 3.8) is 0 Å². The van der Waals surface area contributed by atoms with E-state index in [1.54, 1.807) is 48.4 Å². The van der Waals surface area contributed by atoms with E-state index in [2.05, 4.69) is 10.6 Å². The van der Waals surface area contributed by atoms with Gasteiger partial charge in [0.1, 0.15) is 11.6 Å². The molecule has 1 saturated heterocycles. The molecule has 28 heavy (non-hydrogen) atoms. The SMILES string of the molecule is COc1cccc(NC(=O)N2CCC[C@H](C(=O)NCc3ccc(F)cc3)C2)c1. The summed E-state index contributed by atoms with van der Waals surface area (Å²) in [5, 5.41) is 5.72. The quantitative estimate of drug-likeness (QED) is 0.829. The van der Waals surface area contributed by atoms with Crippen molar-refractivity contribution in [1.82, 2.24) is 10.2 Å². The summed E-state index contributed by atoms with van der Waals surface area (Å²) in [7, 11) is 1.57. The number of nitrogens with zero attached hydrogens (tertiary/aromatic N) is 1. The minimum Gasteiger partial charge on any atom is -0.497 e. The summed E-state index contributed by atoms with van der Waals surface area (Å²) >= 11 is 0. The van der Waals surface area contributed by atoms with E-state index in [-0.39, 0.29) is 23.7 Å². The van der Waals surface area contributed by atoms with Gasteiger partial charge in [-0.25, -0.2) is 9.18 Å². The van der Waals surface area contributed by atoms with Gasteiger partial charge in [-0.05, 0) is 42.7 Å². The fraction of sp³-hybridized carbons (Fsp3) is 0.333. The number of hydrogen-bond acceptors (Lipinski definition) is 3. The minimum absolute atomic E-state index is 0.0943. The predicted molar refractivity (Wildman–Crippen MR) is 105 cm³/mol. The van der Waals surface area contributed by atoms with E-state index in [0.717, 1.165) is 18.4 Å². The molecular weight excluding hydrogens is 361 g/mol. The van der Waals surface area contributed by atoms with Crippen LogP contribution in [0.2, 0.25) is 0 Å². The molecule has 6 nitrogen and oxygen atoms in total. The highest BCUT2D eigenvalue weighted by Gasteiger charge is 2.28. The molecule has 1 heterocycles. The second-order valence-electron chi connectivity index (χ2n) is 6.79. The number of methoxy groups -OCH3 is 1. The Kier molecular flexibility index (Phi) is 6.47. The molecule has 7 heteroatoms. The van der Waals surface area contributed by atoms with E-state index in [1.807, 2.05) is 0 Å². The largest absolute Gasteiger partial charge is 0.497 e. The van der Waals surface area contributed by atoms with Crippen molar-refractivity contribution in [2.45, 2.75) is 19.4 Å². The van der Waals surface area contributed by atoms with Gasteiger partial charge in [0.15, 0.2) is 0 Å². The Hall–Kier alpha value is -3.09. The molecule has 148 valence electrons. The predicted octanol–water partition coefficient (Wildman–Crippen LogP) is 3.39. The van der Waals surface area contributed by atoms with Crippen LogP contribution in [0.15, 0.2) is 48.5 Å².